The average Bonchev–Trinajstić information content (AvgIpc) is 2.38. The van der Waals surface area contributed by atoms with Crippen LogP contribution in [0.25, 0.3) is 0 Å². The van der Waals surface area contributed by atoms with Gasteiger partial charge >= 0.3 is 0 Å². The van der Waals surface area contributed by atoms with Gasteiger partial charge in [0.05, 0.1) is 0 Å². The monoisotopic (exact) mass is 266 g/mol. The fraction of sp³-hybridized carbons (Fsp3) is 1.00. The molecule has 0 aromatic heterocycles. The van der Waals surface area contributed by atoms with Gasteiger partial charge in [0.2, 0.25) is 0 Å². The number of likely N-dealkylation sites (N-methyl/N-ethyl adjacent to an activating group) is 1. The number of nitrogens with one attached hydrogen (secondary N) is 1. The standard InChI is InChI=1S/C17H34N2/c1-14-7-9-16(10-8-14)18-13-17(19(3)4)11-5-6-15(2)12-17/h14-16,18H,5-13H2,1-4H3. The lowest BCUT2D eigenvalue weighted by molar-refractivity contribution is 0.0699. The maximum atomic E-state index is 3.91. The van der Waals surface area contributed by atoms with Crippen LogP contribution in [-0.2, 0) is 0 Å². The van der Waals surface area contributed by atoms with Gasteiger partial charge in [-0.1, -0.05) is 26.7 Å². The van der Waals surface area contributed by atoms with Gasteiger partial charge in [-0.05, 0) is 64.5 Å². The molecule has 112 valence electrons. The average molecular weight is 266 g/mol. The van der Waals surface area contributed by atoms with E-state index in [2.05, 4.69) is 38.2 Å². The van der Waals surface area contributed by atoms with Crippen molar-refractivity contribution >= 4 is 0 Å². The molecule has 0 amide bonds. The zero-order valence-corrected chi connectivity index (χ0v) is 13.5. The molecule has 0 bridgehead atoms. The Morgan fingerprint density at radius 1 is 1.00 bits per heavy atom. The highest BCUT2D eigenvalue weighted by Gasteiger charge is 2.37. The van der Waals surface area contributed by atoms with E-state index in [-0.39, 0.29) is 0 Å². The Bertz CT molecular complexity index is 268. The molecule has 2 saturated carbocycles. The van der Waals surface area contributed by atoms with E-state index in [0.29, 0.717) is 5.54 Å². The summed E-state index contributed by atoms with van der Waals surface area (Å²) in [4.78, 5) is 2.50. The highest BCUT2D eigenvalue weighted by atomic mass is 15.2. The first-order valence-electron chi connectivity index (χ1n) is 8.43. The lowest BCUT2D eigenvalue weighted by Gasteiger charge is -2.46. The van der Waals surface area contributed by atoms with Gasteiger partial charge in [-0.25, -0.2) is 0 Å². The van der Waals surface area contributed by atoms with Gasteiger partial charge in [0, 0.05) is 18.1 Å². The minimum absolute atomic E-state index is 0.417. The predicted molar refractivity (Wildman–Crippen MR) is 83.5 cm³/mol. The van der Waals surface area contributed by atoms with Crippen molar-refractivity contribution in [3.05, 3.63) is 0 Å². The molecule has 0 spiro atoms. The van der Waals surface area contributed by atoms with Crippen molar-refractivity contribution in [3.8, 4) is 0 Å². The van der Waals surface area contributed by atoms with Crippen molar-refractivity contribution in [2.45, 2.75) is 76.8 Å². The van der Waals surface area contributed by atoms with E-state index in [4.69, 9.17) is 0 Å². The molecule has 2 atom stereocenters. The van der Waals surface area contributed by atoms with Crippen molar-refractivity contribution < 1.29 is 0 Å². The van der Waals surface area contributed by atoms with Crippen molar-refractivity contribution in [1.29, 1.82) is 0 Å². The minimum atomic E-state index is 0.417. The second-order valence-corrected chi connectivity index (χ2v) is 7.66. The minimum Gasteiger partial charge on any atom is -0.312 e. The van der Waals surface area contributed by atoms with E-state index in [0.717, 1.165) is 17.9 Å². The van der Waals surface area contributed by atoms with E-state index in [1.54, 1.807) is 0 Å². The third-order valence-corrected chi connectivity index (χ3v) is 5.75. The van der Waals surface area contributed by atoms with Crippen LogP contribution >= 0.6 is 0 Å². The third-order valence-electron chi connectivity index (χ3n) is 5.75. The Morgan fingerprint density at radius 3 is 2.26 bits per heavy atom. The van der Waals surface area contributed by atoms with E-state index >= 15 is 0 Å². The maximum Gasteiger partial charge on any atom is 0.0330 e. The van der Waals surface area contributed by atoms with Crippen LogP contribution in [0.4, 0.5) is 0 Å². The zero-order chi connectivity index (χ0) is 13.9. The molecule has 19 heavy (non-hydrogen) atoms. The smallest absolute Gasteiger partial charge is 0.0330 e. The van der Waals surface area contributed by atoms with Gasteiger partial charge in [-0.3, -0.25) is 0 Å². The van der Waals surface area contributed by atoms with E-state index < -0.39 is 0 Å². The van der Waals surface area contributed by atoms with Gasteiger partial charge in [0.15, 0.2) is 0 Å². The van der Waals surface area contributed by atoms with Crippen LogP contribution in [0, 0.1) is 11.8 Å². The lowest BCUT2D eigenvalue weighted by Crippen LogP contribution is -2.55. The molecule has 2 aliphatic rings. The van der Waals surface area contributed by atoms with E-state index in [9.17, 15) is 0 Å². The Hall–Kier alpha value is -0.0800. The zero-order valence-electron chi connectivity index (χ0n) is 13.5. The number of hydrogen-bond acceptors (Lipinski definition) is 2. The highest BCUT2D eigenvalue weighted by Crippen LogP contribution is 2.35. The fourth-order valence-corrected chi connectivity index (χ4v) is 4.16. The molecular formula is C17H34N2. The normalized spacial score (nSPS) is 40.6. The van der Waals surface area contributed by atoms with Crippen molar-refractivity contribution in [2.24, 2.45) is 11.8 Å². The fourth-order valence-electron chi connectivity index (χ4n) is 4.16. The summed E-state index contributed by atoms with van der Waals surface area (Å²) in [6.07, 6.45) is 11.2. The van der Waals surface area contributed by atoms with Crippen LogP contribution in [-0.4, -0.2) is 37.1 Å². The maximum absolute atomic E-state index is 3.91. The third kappa shape index (κ3) is 3.95. The molecule has 2 heteroatoms. The topological polar surface area (TPSA) is 15.3 Å². The van der Waals surface area contributed by atoms with E-state index in [1.807, 2.05) is 0 Å². The highest BCUT2D eigenvalue weighted by molar-refractivity contribution is 4.95. The molecule has 2 rings (SSSR count). The lowest BCUT2D eigenvalue weighted by atomic mass is 9.75. The molecule has 2 unspecified atom stereocenters. The molecule has 0 saturated heterocycles. The van der Waals surface area contributed by atoms with Crippen LogP contribution in [0.5, 0.6) is 0 Å². The molecule has 2 aliphatic carbocycles. The molecule has 0 heterocycles. The first-order valence-corrected chi connectivity index (χ1v) is 8.43. The summed E-state index contributed by atoms with van der Waals surface area (Å²) in [6.45, 7) is 6.03. The summed E-state index contributed by atoms with van der Waals surface area (Å²) in [6, 6.07) is 0.783. The van der Waals surface area contributed by atoms with Crippen molar-refractivity contribution in [2.75, 3.05) is 20.6 Å². The van der Waals surface area contributed by atoms with Crippen LogP contribution < -0.4 is 5.32 Å². The van der Waals surface area contributed by atoms with Crippen LogP contribution in [0.1, 0.15) is 65.2 Å². The number of nitrogens with zero attached hydrogens (tertiary/aromatic N) is 1. The summed E-state index contributed by atoms with van der Waals surface area (Å²) in [5, 5.41) is 3.91. The number of rotatable bonds is 4. The van der Waals surface area contributed by atoms with Gasteiger partial charge in [0.25, 0.3) is 0 Å². The van der Waals surface area contributed by atoms with Crippen LogP contribution in [0.3, 0.4) is 0 Å². The predicted octanol–water partition coefficient (Wildman–Crippen LogP) is 3.67. The molecule has 1 N–H and O–H groups in total. The van der Waals surface area contributed by atoms with Gasteiger partial charge in [0.1, 0.15) is 0 Å². The Balaban J connectivity index is 1.87. The first-order chi connectivity index (χ1) is 9.02. The van der Waals surface area contributed by atoms with Crippen LogP contribution in [0.2, 0.25) is 0 Å². The molecule has 2 fully saturated rings. The van der Waals surface area contributed by atoms with Crippen molar-refractivity contribution in [3.63, 3.8) is 0 Å². The van der Waals surface area contributed by atoms with Crippen molar-refractivity contribution in [1.82, 2.24) is 10.2 Å². The Morgan fingerprint density at radius 2 is 1.68 bits per heavy atom. The van der Waals surface area contributed by atoms with Gasteiger partial charge in [-0.15, -0.1) is 0 Å². The number of hydrogen-bond donors (Lipinski definition) is 1. The van der Waals surface area contributed by atoms with Gasteiger partial charge in [-0.2, -0.15) is 0 Å². The first kappa shape index (κ1) is 15.3. The van der Waals surface area contributed by atoms with Crippen LogP contribution in [0.15, 0.2) is 0 Å². The summed E-state index contributed by atoms with van der Waals surface area (Å²) >= 11 is 0. The molecular weight excluding hydrogens is 232 g/mol. The quantitative estimate of drug-likeness (QED) is 0.835. The molecule has 0 radical (unpaired) electrons. The second-order valence-electron chi connectivity index (χ2n) is 7.66. The molecule has 0 aromatic rings. The largest absolute Gasteiger partial charge is 0.312 e. The Labute approximate surface area is 120 Å². The molecule has 2 nitrogen and oxygen atoms in total. The summed E-state index contributed by atoms with van der Waals surface area (Å²) < 4.78 is 0. The molecule has 0 aliphatic heterocycles. The van der Waals surface area contributed by atoms with Gasteiger partial charge < -0.3 is 10.2 Å². The SMILES string of the molecule is CC1CCC(NCC2(N(C)C)CCCC(C)C2)CC1. The van der Waals surface area contributed by atoms with E-state index in [1.165, 1.54) is 57.9 Å². The summed E-state index contributed by atoms with van der Waals surface area (Å²) in [5.74, 6) is 1.85. The second kappa shape index (κ2) is 6.58. The molecule has 0 aromatic carbocycles. The summed E-state index contributed by atoms with van der Waals surface area (Å²) in [5.41, 5.74) is 0.417. The Kier molecular flexibility index (Phi) is 5.30. The summed E-state index contributed by atoms with van der Waals surface area (Å²) in [7, 11) is 4.56.